The number of anilines is 1. The lowest BCUT2D eigenvalue weighted by atomic mass is 10.0. The number of piperidine rings is 1. The van der Waals surface area contributed by atoms with Gasteiger partial charge in [-0.1, -0.05) is 30.7 Å². The van der Waals surface area contributed by atoms with Gasteiger partial charge >= 0.3 is 12.1 Å². The minimum atomic E-state index is -4.96. The van der Waals surface area contributed by atoms with E-state index in [-0.39, 0.29) is 12.0 Å². The van der Waals surface area contributed by atoms with Gasteiger partial charge in [0.25, 0.3) is 5.78 Å². The second kappa shape index (κ2) is 11.6. The van der Waals surface area contributed by atoms with Crippen LogP contribution in [-0.2, 0) is 11.3 Å². The van der Waals surface area contributed by atoms with Crippen LogP contribution in [0.2, 0.25) is 0 Å². The molecule has 3 heterocycles. The number of rotatable bonds is 9. The first-order valence-electron chi connectivity index (χ1n) is 13.1. The van der Waals surface area contributed by atoms with Gasteiger partial charge in [0.1, 0.15) is 17.3 Å². The Labute approximate surface area is 227 Å². The topological polar surface area (TPSA) is 126 Å². The van der Waals surface area contributed by atoms with Gasteiger partial charge in [-0.05, 0) is 62.7 Å². The van der Waals surface area contributed by atoms with Crippen molar-refractivity contribution in [1.82, 2.24) is 19.9 Å². The fourth-order valence-corrected chi connectivity index (χ4v) is 5.11. The summed E-state index contributed by atoms with van der Waals surface area (Å²) in [6.07, 6.45) is -0.245. The lowest BCUT2D eigenvalue weighted by molar-refractivity contribution is -0.0885. The summed E-state index contributed by atoms with van der Waals surface area (Å²) in [5, 5.41) is 4.93. The Hall–Kier alpha value is -4.03. The molecule has 4 aromatic rings. The molecule has 1 aliphatic rings. The molecule has 4 N–H and O–H groups in total. The maximum atomic E-state index is 13.0. The summed E-state index contributed by atoms with van der Waals surface area (Å²) in [4.78, 5) is 43.0. The van der Waals surface area contributed by atoms with E-state index in [1.807, 2.05) is 0 Å². The quantitative estimate of drug-likeness (QED) is 0.154. The highest BCUT2D eigenvalue weighted by Crippen LogP contribution is 2.31. The van der Waals surface area contributed by atoms with Gasteiger partial charge < -0.3 is 20.0 Å². The van der Waals surface area contributed by atoms with E-state index in [4.69, 9.17) is 10.9 Å². The molecule has 0 aliphatic carbocycles. The van der Waals surface area contributed by atoms with Gasteiger partial charge in [0.2, 0.25) is 0 Å². The number of Topliss-reactive ketones (excluding diaryl/α,β-unsaturated/α-hetero) is 1. The first kappa shape index (κ1) is 27.5. The smallest absolute Gasteiger partial charge is 0.370 e. The normalized spacial score (nSPS) is 14.5. The highest BCUT2D eigenvalue weighted by Gasteiger charge is 2.39. The molecule has 12 heteroatoms. The van der Waals surface area contributed by atoms with E-state index in [0.717, 1.165) is 42.9 Å². The van der Waals surface area contributed by atoms with Gasteiger partial charge in [-0.25, -0.2) is 14.8 Å². The largest absolute Gasteiger partial charge is 0.454 e. The van der Waals surface area contributed by atoms with E-state index in [0.29, 0.717) is 34.9 Å². The molecule has 2 aromatic carbocycles. The molecule has 2 aromatic heterocycles. The highest BCUT2D eigenvalue weighted by molar-refractivity contribution is 6.12. The molecule has 0 spiro atoms. The zero-order valence-electron chi connectivity index (χ0n) is 21.7. The number of aromatic nitrogens is 3. The fraction of sp³-hybridized carbons (Fsp3) is 0.357. The van der Waals surface area contributed by atoms with Crippen LogP contribution in [0.15, 0.2) is 42.5 Å². The Kier molecular flexibility index (Phi) is 7.99. The third kappa shape index (κ3) is 6.07. The van der Waals surface area contributed by atoms with Crippen molar-refractivity contribution >= 4 is 39.5 Å². The molecule has 1 fully saturated rings. The molecular formula is C28H29F3N6O3. The second-order valence-electron chi connectivity index (χ2n) is 9.89. The summed E-state index contributed by atoms with van der Waals surface area (Å²) in [5.74, 6) is 3.38. The predicted molar refractivity (Wildman–Crippen MR) is 144 cm³/mol. The summed E-state index contributed by atoms with van der Waals surface area (Å²) in [6.45, 7) is 3.83. The molecule has 40 heavy (non-hydrogen) atoms. The average molecular weight is 555 g/mol. The number of nitrogens with two attached hydrogens (primary N) is 1. The summed E-state index contributed by atoms with van der Waals surface area (Å²) < 4.78 is 38.9. The van der Waals surface area contributed by atoms with E-state index in [1.165, 1.54) is 31.4 Å². The number of fused-ring (bicyclic) bond motifs is 3. The number of likely N-dealkylation sites (tertiary alicyclic amines) is 1. The van der Waals surface area contributed by atoms with Crippen LogP contribution in [0.25, 0.3) is 21.9 Å². The van der Waals surface area contributed by atoms with Crippen LogP contribution < -0.4 is 11.2 Å². The number of carbonyl (C=O) groups excluding carboxylic acids is 2. The Balaban J connectivity index is 1.46. The molecule has 9 nitrogen and oxygen atoms in total. The molecule has 0 amide bonds. The van der Waals surface area contributed by atoms with Crippen LogP contribution in [-0.4, -0.2) is 64.0 Å². The van der Waals surface area contributed by atoms with E-state index in [2.05, 4.69) is 25.0 Å². The SMILES string of the molecule is NOC(=O)c1ccc2c(c1)[nH]c1nc(Cc3cccc(C(=O)C(F)(F)F)c3)nc(NCCCN3CCCCC3)c12. The summed E-state index contributed by atoms with van der Waals surface area (Å²) in [7, 11) is 0. The lowest BCUT2D eigenvalue weighted by Crippen LogP contribution is -2.31. The van der Waals surface area contributed by atoms with Crippen molar-refractivity contribution in [1.29, 1.82) is 0 Å². The second-order valence-corrected chi connectivity index (χ2v) is 9.89. The molecular weight excluding hydrogens is 525 g/mol. The number of H-pyrrole nitrogens is 1. The molecule has 210 valence electrons. The highest BCUT2D eigenvalue weighted by atomic mass is 19.4. The molecule has 0 radical (unpaired) electrons. The van der Waals surface area contributed by atoms with Crippen LogP contribution in [0.5, 0.6) is 0 Å². The first-order valence-corrected chi connectivity index (χ1v) is 13.1. The minimum absolute atomic E-state index is 0.109. The van der Waals surface area contributed by atoms with Crippen molar-refractivity contribution in [3.63, 3.8) is 0 Å². The Bertz CT molecular complexity index is 1550. The van der Waals surface area contributed by atoms with Crippen LogP contribution in [0, 0.1) is 0 Å². The standard InChI is InChI=1S/C28H29F3N6O3/c29-28(30,31)24(38)18-7-4-6-17(14-18)15-22-35-25(33-10-5-13-37-11-2-1-3-12-37)23-20-9-8-19(27(39)40-32)16-21(20)34-26(23)36-22/h4,6-9,14,16H,1-3,5,10-13,15,32H2,(H2,33,34,35,36). The molecule has 1 aliphatic heterocycles. The Morgan fingerprint density at radius 2 is 1.85 bits per heavy atom. The third-order valence-electron chi connectivity index (χ3n) is 7.04. The van der Waals surface area contributed by atoms with Crippen molar-refractivity contribution in [2.24, 2.45) is 5.90 Å². The van der Waals surface area contributed by atoms with Crippen molar-refractivity contribution in [2.45, 2.75) is 38.3 Å². The van der Waals surface area contributed by atoms with Gasteiger partial charge in [-0.2, -0.15) is 19.1 Å². The maximum Gasteiger partial charge on any atom is 0.454 e. The van der Waals surface area contributed by atoms with Crippen molar-refractivity contribution in [3.8, 4) is 0 Å². The molecule has 0 unspecified atom stereocenters. The number of hydrogen-bond acceptors (Lipinski definition) is 8. The average Bonchev–Trinajstić information content (AvgIpc) is 3.32. The molecule has 1 saturated heterocycles. The lowest BCUT2D eigenvalue weighted by Gasteiger charge is -2.26. The summed E-state index contributed by atoms with van der Waals surface area (Å²) in [5.41, 5.74) is 1.41. The minimum Gasteiger partial charge on any atom is -0.370 e. The maximum absolute atomic E-state index is 13.0. The number of aromatic amines is 1. The van der Waals surface area contributed by atoms with Crippen LogP contribution in [0.1, 0.15) is 57.8 Å². The van der Waals surface area contributed by atoms with E-state index < -0.39 is 23.5 Å². The van der Waals surface area contributed by atoms with Crippen LogP contribution in [0.3, 0.4) is 0 Å². The van der Waals surface area contributed by atoms with Gasteiger partial charge in [0.05, 0.1) is 10.9 Å². The monoisotopic (exact) mass is 554 g/mol. The number of nitrogens with zero attached hydrogens (tertiary/aromatic N) is 3. The summed E-state index contributed by atoms with van der Waals surface area (Å²) in [6, 6.07) is 10.4. The Morgan fingerprint density at radius 1 is 1.05 bits per heavy atom. The fourth-order valence-electron chi connectivity index (χ4n) is 5.11. The zero-order chi connectivity index (χ0) is 28.3. The van der Waals surface area contributed by atoms with Gasteiger partial charge in [0, 0.05) is 29.4 Å². The van der Waals surface area contributed by atoms with E-state index in [9.17, 15) is 22.8 Å². The molecule has 0 atom stereocenters. The van der Waals surface area contributed by atoms with Crippen molar-refractivity contribution < 1.29 is 27.6 Å². The zero-order valence-corrected chi connectivity index (χ0v) is 21.7. The Morgan fingerprint density at radius 3 is 2.60 bits per heavy atom. The number of ketones is 1. The number of carbonyl (C=O) groups is 2. The van der Waals surface area contributed by atoms with E-state index in [1.54, 1.807) is 24.3 Å². The van der Waals surface area contributed by atoms with Crippen molar-refractivity contribution in [3.05, 3.63) is 65.0 Å². The molecule has 0 bridgehead atoms. The molecule has 0 saturated carbocycles. The van der Waals surface area contributed by atoms with Crippen LogP contribution in [0.4, 0.5) is 19.0 Å². The van der Waals surface area contributed by atoms with Gasteiger partial charge in [-0.3, -0.25) is 4.79 Å². The number of nitrogens with one attached hydrogen (secondary N) is 2. The molecule has 5 rings (SSSR count). The third-order valence-corrected chi connectivity index (χ3v) is 7.04. The number of benzene rings is 2. The number of hydrogen-bond donors (Lipinski definition) is 3. The summed E-state index contributed by atoms with van der Waals surface area (Å²) >= 11 is 0. The van der Waals surface area contributed by atoms with Gasteiger partial charge in [0.15, 0.2) is 0 Å². The van der Waals surface area contributed by atoms with E-state index >= 15 is 0 Å². The number of halogens is 3. The van der Waals surface area contributed by atoms with Gasteiger partial charge in [-0.15, -0.1) is 0 Å². The van der Waals surface area contributed by atoms with Crippen LogP contribution >= 0.6 is 0 Å². The van der Waals surface area contributed by atoms with Crippen molar-refractivity contribution in [2.75, 3.05) is 31.5 Å². The predicted octanol–water partition coefficient (Wildman–Crippen LogP) is 4.77. The number of alkyl halides is 3. The first-order chi connectivity index (χ1) is 19.2.